The lowest BCUT2D eigenvalue weighted by molar-refractivity contribution is 0.0980. The third kappa shape index (κ3) is 7.96. The second-order valence-electron chi connectivity index (χ2n) is 10.6. The Kier molecular flexibility index (Phi) is 9.13. The van der Waals surface area contributed by atoms with Gasteiger partial charge in [0.05, 0.1) is 12.8 Å². The highest BCUT2D eigenvalue weighted by atomic mass is 16.5. The quantitative estimate of drug-likeness (QED) is 0.699. The van der Waals surface area contributed by atoms with E-state index < -0.39 is 0 Å². The first kappa shape index (κ1) is 25.4. The molecule has 2 N–H and O–H groups in total. The summed E-state index contributed by atoms with van der Waals surface area (Å²) in [5, 5.41) is 0. The molecule has 0 bridgehead atoms. The van der Waals surface area contributed by atoms with Gasteiger partial charge in [-0.1, -0.05) is 41.5 Å². The van der Waals surface area contributed by atoms with Crippen molar-refractivity contribution in [1.29, 1.82) is 0 Å². The lowest BCUT2D eigenvalue weighted by Crippen LogP contribution is -2.42. The molecule has 1 aliphatic heterocycles. The van der Waals surface area contributed by atoms with Gasteiger partial charge in [-0.15, -0.1) is 0 Å². The molecule has 0 aromatic carbocycles. The molecule has 2 heterocycles. The van der Waals surface area contributed by atoms with Crippen LogP contribution in [0.5, 0.6) is 0 Å². The topological polar surface area (TPSA) is 68.5 Å². The van der Waals surface area contributed by atoms with Crippen molar-refractivity contribution in [3.8, 4) is 0 Å². The van der Waals surface area contributed by atoms with Crippen molar-refractivity contribution in [2.45, 2.75) is 91.6 Å². The number of rotatable bonds is 4. The van der Waals surface area contributed by atoms with Gasteiger partial charge in [0.25, 0.3) is 0 Å². The summed E-state index contributed by atoms with van der Waals surface area (Å²) in [5.41, 5.74) is 8.55. The molecule has 1 unspecified atom stereocenters. The zero-order valence-electron chi connectivity index (χ0n) is 20.1. The van der Waals surface area contributed by atoms with Crippen LogP contribution in [0.3, 0.4) is 0 Å². The molecule has 166 valence electrons. The fraction of sp³-hybridized carbons (Fsp3) is 0.750. The van der Waals surface area contributed by atoms with E-state index in [4.69, 9.17) is 10.5 Å². The molecule has 1 saturated heterocycles. The van der Waals surface area contributed by atoms with E-state index >= 15 is 0 Å². The van der Waals surface area contributed by atoms with Gasteiger partial charge in [-0.3, -0.25) is 4.98 Å². The number of hydrogen-bond acceptors (Lipinski definition) is 4. The van der Waals surface area contributed by atoms with E-state index in [9.17, 15) is 4.79 Å². The molecule has 1 amide bonds. The van der Waals surface area contributed by atoms with Gasteiger partial charge in [0.15, 0.2) is 0 Å². The van der Waals surface area contributed by atoms with Crippen LogP contribution in [0.15, 0.2) is 18.3 Å². The SMILES string of the molecule is CC(C)C.COC(=O)N1C[C@@H](CCC(N)c2cc(C(C)(C)C)ccn2)CC1(C)C. The summed E-state index contributed by atoms with van der Waals surface area (Å²) >= 11 is 0. The molecule has 1 aromatic heterocycles. The fourth-order valence-corrected chi connectivity index (χ4v) is 3.69. The minimum Gasteiger partial charge on any atom is -0.453 e. The smallest absolute Gasteiger partial charge is 0.409 e. The van der Waals surface area contributed by atoms with Gasteiger partial charge in [0.2, 0.25) is 0 Å². The summed E-state index contributed by atoms with van der Waals surface area (Å²) in [4.78, 5) is 18.2. The monoisotopic (exact) mass is 405 g/mol. The van der Waals surface area contributed by atoms with Crippen LogP contribution in [0, 0.1) is 11.8 Å². The maximum Gasteiger partial charge on any atom is 0.409 e. The van der Waals surface area contributed by atoms with Crippen molar-refractivity contribution in [2.75, 3.05) is 13.7 Å². The van der Waals surface area contributed by atoms with Crippen molar-refractivity contribution in [3.05, 3.63) is 29.6 Å². The molecule has 0 saturated carbocycles. The second kappa shape index (κ2) is 10.4. The van der Waals surface area contributed by atoms with Gasteiger partial charge in [0, 0.05) is 24.3 Å². The number of carbonyl (C=O) groups excluding carboxylic acids is 1. The largest absolute Gasteiger partial charge is 0.453 e. The molecule has 29 heavy (non-hydrogen) atoms. The van der Waals surface area contributed by atoms with E-state index in [1.54, 1.807) is 0 Å². The summed E-state index contributed by atoms with van der Waals surface area (Å²) in [6.07, 6.45) is 4.45. The zero-order valence-corrected chi connectivity index (χ0v) is 20.1. The Labute approximate surface area is 178 Å². The molecule has 5 heteroatoms. The number of aromatic nitrogens is 1. The van der Waals surface area contributed by atoms with Crippen LogP contribution >= 0.6 is 0 Å². The van der Waals surface area contributed by atoms with E-state index in [0.29, 0.717) is 5.92 Å². The van der Waals surface area contributed by atoms with Crippen LogP contribution in [0.25, 0.3) is 0 Å². The third-order valence-corrected chi connectivity index (χ3v) is 5.27. The number of hydrogen-bond donors (Lipinski definition) is 1. The van der Waals surface area contributed by atoms with Gasteiger partial charge in [0.1, 0.15) is 0 Å². The summed E-state index contributed by atoms with van der Waals surface area (Å²) < 4.78 is 4.91. The predicted octanol–water partition coefficient (Wildman–Crippen LogP) is 5.69. The summed E-state index contributed by atoms with van der Waals surface area (Å²) in [7, 11) is 1.44. The normalized spacial score (nSPS) is 19.6. The van der Waals surface area contributed by atoms with Gasteiger partial charge in [-0.2, -0.15) is 0 Å². The minimum absolute atomic E-state index is 0.0717. The minimum atomic E-state index is -0.239. The standard InChI is InChI=1S/C20H33N3O2.C4H10/c1-19(2,3)15-9-10-22-17(11-15)16(21)8-7-14-12-20(4,5)23(13-14)18(24)25-6;1-4(2)3/h9-11,14,16H,7-8,12-13,21H2,1-6H3;4H,1-3H3/t14-,16?;/m0./s1. The Morgan fingerprint density at radius 3 is 2.45 bits per heavy atom. The average Bonchev–Trinajstić information content (AvgIpc) is 2.92. The average molecular weight is 406 g/mol. The highest BCUT2D eigenvalue weighted by Crippen LogP contribution is 2.36. The van der Waals surface area contributed by atoms with E-state index in [-0.39, 0.29) is 23.1 Å². The fourth-order valence-electron chi connectivity index (χ4n) is 3.69. The first-order chi connectivity index (χ1) is 13.3. The van der Waals surface area contributed by atoms with Crippen molar-refractivity contribution < 1.29 is 9.53 Å². The Morgan fingerprint density at radius 2 is 1.93 bits per heavy atom. The summed E-state index contributed by atoms with van der Waals surface area (Å²) in [5.74, 6) is 1.28. The highest BCUT2D eigenvalue weighted by molar-refractivity contribution is 5.68. The lowest BCUT2D eigenvalue weighted by atomic mass is 9.86. The van der Waals surface area contributed by atoms with E-state index in [1.165, 1.54) is 12.7 Å². The molecule has 5 nitrogen and oxygen atoms in total. The Balaban J connectivity index is 0.000000960. The van der Waals surface area contributed by atoms with Crippen LogP contribution in [0.2, 0.25) is 0 Å². The number of ether oxygens (including phenoxy) is 1. The molecule has 2 atom stereocenters. The Hall–Kier alpha value is -1.62. The predicted molar refractivity (Wildman–Crippen MR) is 121 cm³/mol. The summed E-state index contributed by atoms with van der Waals surface area (Å²) in [6.45, 7) is 18.0. The number of methoxy groups -OCH3 is 1. The molecule has 0 radical (unpaired) electrons. The molecular weight excluding hydrogens is 362 g/mol. The van der Waals surface area contributed by atoms with Gasteiger partial charge < -0.3 is 15.4 Å². The molecular formula is C24H43N3O2. The number of carbonyl (C=O) groups is 1. The maximum absolute atomic E-state index is 11.9. The van der Waals surface area contributed by atoms with Crippen LogP contribution in [-0.2, 0) is 10.2 Å². The van der Waals surface area contributed by atoms with Crippen LogP contribution in [0.1, 0.15) is 92.0 Å². The van der Waals surface area contributed by atoms with Crippen molar-refractivity contribution in [1.82, 2.24) is 9.88 Å². The molecule has 1 fully saturated rings. The van der Waals surface area contributed by atoms with Crippen molar-refractivity contribution >= 4 is 6.09 Å². The van der Waals surface area contributed by atoms with Crippen LogP contribution in [-0.4, -0.2) is 35.2 Å². The second-order valence-corrected chi connectivity index (χ2v) is 10.6. The first-order valence-corrected chi connectivity index (χ1v) is 10.9. The van der Waals surface area contributed by atoms with E-state index in [2.05, 4.69) is 72.5 Å². The first-order valence-electron chi connectivity index (χ1n) is 10.9. The van der Waals surface area contributed by atoms with Gasteiger partial charge in [-0.05, 0) is 68.1 Å². The Bertz CT molecular complexity index is 647. The molecule has 1 aromatic rings. The number of pyridine rings is 1. The zero-order chi connectivity index (χ0) is 22.4. The van der Waals surface area contributed by atoms with E-state index in [0.717, 1.165) is 37.4 Å². The van der Waals surface area contributed by atoms with Gasteiger partial charge in [-0.25, -0.2) is 4.79 Å². The molecule has 0 aliphatic carbocycles. The lowest BCUT2D eigenvalue weighted by Gasteiger charge is -2.29. The van der Waals surface area contributed by atoms with Crippen LogP contribution < -0.4 is 5.73 Å². The number of likely N-dealkylation sites (tertiary alicyclic amines) is 1. The maximum atomic E-state index is 11.9. The number of nitrogens with two attached hydrogens (primary N) is 1. The highest BCUT2D eigenvalue weighted by Gasteiger charge is 2.41. The number of nitrogens with zero attached hydrogens (tertiary/aromatic N) is 2. The molecule has 1 aliphatic rings. The molecule has 2 rings (SSSR count). The van der Waals surface area contributed by atoms with Crippen molar-refractivity contribution in [3.63, 3.8) is 0 Å². The molecule has 0 spiro atoms. The van der Waals surface area contributed by atoms with E-state index in [1.807, 2.05) is 11.1 Å². The number of amides is 1. The van der Waals surface area contributed by atoms with Gasteiger partial charge >= 0.3 is 6.09 Å². The Morgan fingerprint density at radius 1 is 1.34 bits per heavy atom. The van der Waals surface area contributed by atoms with Crippen LogP contribution in [0.4, 0.5) is 4.79 Å². The summed E-state index contributed by atoms with van der Waals surface area (Å²) in [6, 6.07) is 4.12. The van der Waals surface area contributed by atoms with Crippen molar-refractivity contribution in [2.24, 2.45) is 17.6 Å². The third-order valence-electron chi connectivity index (χ3n) is 5.27.